The van der Waals surface area contributed by atoms with Crippen molar-refractivity contribution < 1.29 is 17.9 Å². The minimum absolute atomic E-state index is 0.0422. The number of amides is 1. The Morgan fingerprint density at radius 1 is 1.08 bits per heavy atom. The van der Waals surface area contributed by atoms with Gasteiger partial charge in [-0.25, -0.2) is 8.42 Å². The van der Waals surface area contributed by atoms with Gasteiger partial charge in [-0.15, -0.1) is 0 Å². The predicted octanol–water partition coefficient (Wildman–Crippen LogP) is 2.76. The third kappa shape index (κ3) is 3.94. The number of benzene rings is 2. The molecule has 0 spiro atoms. The third-order valence-corrected chi connectivity index (χ3v) is 5.54. The number of hydrogen-bond acceptors (Lipinski definition) is 4. The van der Waals surface area contributed by atoms with Crippen LogP contribution in [0, 0.1) is 0 Å². The van der Waals surface area contributed by atoms with Gasteiger partial charge in [-0.3, -0.25) is 4.79 Å². The van der Waals surface area contributed by atoms with Crippen LogP contribution in [-0.4, -0.2) is 39.1 Å². The summed E-state index contributed by atoms with van der Waals surface area (Å²) in [5.74, 6) is 0.380. The van der Waals surface area contributed by atoms with E-state index in [9.17, 15) is 13.2 Å². The lowest BCUT2D eigenvalue weighted by Gasteiger charge is -2.19. The van der Waals surface area contributed by atoms with E-state index in [1.54, 1.807) is 39.3 Å². The van der Waals surface area contributed by atoms with Gasteiger partial charge in [0.2, 0.25) is 0 Å². The second kappa shape index (κ2) is 7.49. The van der Waals surface area contributed by atoms with E-state index >= 15 is 0 Å². The van der Waals surface area contributed by atoms with Crippen molar-refractivity contribution in [2.45, 2.75) is 18.4 Å². The van der Waals surface area contributed by atoms with Crippen LogP contribution < -0.4 is 4.74 Å². The van der Waals surface area contributed by atoms with Gasteiger partial charge in [0.1, 0.15) is 5.75 Å². The third-order valence-electron chi connectivity index (χ3n) is 3.76. The molecule has 6 heteroatoms. The Morgan fingerprint density at radius 2 is 1.71 bits per heavy atom. The van der Waals surface area contributed by atoms with E-state index in [1.165, 1.54) is 11.0 Å². The van der Waals surface area contributed by atoms with Gasteiger partial charge in [0.05, 0.1) is 23.3 Å². The molecule has 5 nitrogen and oxygen atoms in total. The number of carbonyl (C=O) groups excluding carboxylic acids is 1. The maximum absolute atomic E-state index is 12.7. The van der Waals surface area contributed by atoms with Crippen molar-refractivity contribution in [2.75, 3.05) is 19.9 Å². The first kappa shape index (κ1) is 18.0. The predicted molar refractivity (Wildman–Crippen MR) is 93.0 cm³/mol. The zero-order valence-corrected chi connectivity index (χ0v) is 14.8. The topological polar surface area (TPSA) is 63.7 Å². The summed E-state index contributed by atoms with van der Waals surface area (Å²) in [4.78, 5) is 14.3. The smallest absolute Gasteiger partial charge is 0.255 e. The van der Waals surface area contributed by atoms with Gasteiger partial charge in [-0.1, -0.05) is 31.2 Å². The maximum Gasteiger partial charge on any atom is 0.255 e. The Labute approximate surface area is 142 Å². The molecule has 0 atom stereocenters. The second-order valence-electron chi connectivity index (χ2n) is 5.41. The Hall–Kier alpha value is -2.34. The first-order valence-electron chi connectivity index (χ1n) is 7.59. The highest BCUT2D eigenvalue weighted by atomic mass is 32.2. The average molecular weight is 347 g/mol. The van der Waals surface area contributed by atoms with Crippen molar-refractivity contribution in [3.05, 3.63) is 59.7 Å². The molecule has 0 aliphatic heterocycles. The molecule has 0 unspecified atom stereocenters. The van der Waals surface area contributed by atoms with E-state index in [2.05, 4.69) is 0 Å². The molecule has 0 saturated carbocycles. The number of hydrogen-bond donors (Lipinski definition) is 0. The van der Waals surface area contributed by atoms with E-state index in [0.717, 1.165) is 11.3 Å². The Kier molecular flexibility index (Phi) is 5.62. The van der Waals surface area contributed by atoms with Gasteiger partial charge < -0.3 is 9.64 Å². The molecule has 0 aliphatic carbocycles. The van der Waals surface area contributed by atoms with Gasteiger partial charge in [0.15, 0.2) is 9.84 Å². The summed E-state index contributed by atoms with van der Waals surface area (Å²) in [5, 5.41) is 0. The summed E-state index contributed by atoms with van der Waals surface area (Å²) in [5.41, 5.74) is 1.14. The van der Waals surface area contributed by atoms with E-state index in [-0.39, 0.29) is 22.1 Å². The lowest BCUT2D eigenvalue weighted by Crippen LogP contribution is -2.27. The Balaban J connectivity index is 2.25. The van der Waals surface area contributed by atoms with Crippen molar-refractivity contribution in [3.63, 3.8) is 0 Å². The van der Waals surface area contributed by atoms with Crippen molar-refractivity contribution in [1.29, 1.82) is 0 Å². The van der Waals surface area contributed by atoms with Crippen molar-refractivity contribution in [1.82, 2.24) is 4.90 Å². The normalized spacial score (nSPS) is 11.1. The zero-order chi connectivity index (χ0) is 17.7. The van der Waals surface area contributed by atoms with Crippen LogP contribution in [-0.2, 0) is 16.4 Å². The minimum atomic E-state index is -3.45. The summed E-state index contributed by atoms with van der Waals surface area (Å²) < 4.78 is 29.5. The highest BCUT2D eigenvalue weighted by Crippen LogP contribution is 2.20. The Morgan fingerprint density at radius 3 is 2.29 bits per heavy atom. The molecule has 24 heavy (non-hydrogen) atoms. The molecule has 0 saturated heterocycles. The molecular weight excluding hydrogens is 326 g/mol. The molecular formula is C18H21NO4S. The summed E-state index contributed by atoms with van der Waals surface area (Å²) >= 11 is 0. The monoisotopic (exact) mass is 347 g/mol. The fourth-order valence-corrected chi connectivity index (χ4v) is 3.44. The highest BCUT2D eigenvalue weighted by Gasteiger charge is 2.22. The summed E-state index contributed by atoms with van der Waals surface area (Å²) in [6.07, 6.45) is 0. The number of ether oxygens (including phenoxy) is 1. The first-order valence-corrected chi connectivity index (χ1v) is 9.24. The van der Waals surface area contributed by atoms with Crippen LogP contribution >= 0.6 is 0 Å². The molecule has 1 amide bonds. The van der Waals surface area contributed by atoms with Crippen LogP contribution in [0.2, 0.25) is 0 Å². The summed E-state index contributed by atoms with van der Waals surface area (Å²) in [7, 11) is -0.206. The van der Waals surface area contributed by atoms with Crippen LogP contribution in [0.3, 0.4) is 0 Å². The van der Waals surface area contributed by atoms with E-state index < -0.39 is 9.84 Å². The van der Waals surface area contributed by atoms with Gasteiger partial charge in [0, 0.05) is 13.6 Å². The van der Waals surface area contributed by atoms with Crippen molar-refractivity contribution in [2.24, 2.45) is 0 Å². The maximum atomic E-state index is 12.7. The molecule has 0 aliphatic rings. The highest BCUT2D eigenvalue weighted by molar-refractivity contribution is 7.91. The first-order chi connectivity index (χ1) is 11.4. The number of nitrogens with zero attached hydrogens (tertiary/aromatic N) is 1. The van der Waals surface area contributed by atoms with Gasteiger partial charge >= 0.3 is 0 Å². The molecule has 0 bridgehead atoms. The van der Waals surface area contributed by atoms with Gasteiger partial charge in [-0.2, -0.15) is 0 Å². The van der Waals surface area contributed by atoms with Crippen molar-refractivity contribution in [3.8, 4) is 5.75 Å². The lowest BCUT2D eigenvalue weighted by atomic mass is 10.1. The standard InChI is InChI=1S/C18H21NO4S/c1-4-24(21,22)17-8-6-5-7-16(17)18(20)19(2)13-14-9-11-15(23-3)12-10-14/h5-12H,4,13H2,1-3H3. The SMILES string of the molecule is CCS(=O)(=O)c1ccccc1C(=O)N(C)Cc1ccc(OC)cc1. The van der Waals surface area contributed by atoms with Crippen molar-refractivity contribution >= 4 is 15.7 Å². The van der Waals surface area contributed by atoms with Crippen LogP contribution in [0.4, 0.5) is 0 Å². The number of methoxy groups -OCH3 is 1. The molecule has 0 heterocycles. The summed E-state index contributed by atoms with van der Waals surface area (Å²) in [6, 6.07) is 13.7. The minimum Gasteiger partial charge on any atom is -0.497 e. The van der Waals surface area contributed by atoms with Crippen LogP contribution in [0.15, 0.2) is 53.4 Å². The molecule has 2 aromatic rings. The molecule has 0 fully saturated rings. The average Bonchev–Trinajstić information content (AvgIpc) is 2.61. The lowest BCUT2D eigenvalue weighted by molar-refractivity contribution is 0.0781. The van der Waals surface area contributed by atoms with Gasteiger partial charge in [-0.05, 0) is 29.8 Å². The fourth-order valence-electron chi connectivity index (χ4n) is 2.35. The van der Waals surface area contributed by atoms with E-state index in [1.807, 2.05) is 24.3 Å². The molecule has 0 N–H and O–H groups in total. The Bertz CT molecular complexity index is 813. The van der Waals surface area contributed by atoms with Crippen LogP contribution in [0.25, 0.3) is 0 Å². The largest absolute Gasteiger partial charge is 0.497 e. The second-order valence-corrected chi connectivity index (χ2v) is 7.66. The molecule has 0 radical (unpaired) electrons. The van der Waals surface area contributed by atoms with Crippen LogP contribution in [0.5, 0.6) is 5.75 Å². The molecule has 0 aromatic heterocycles. The quantitative estimate of drug-likeness (QED) is 0.806. The number of sulfone groups is 1. The fraction of sp³-hybridized carbons (Fsp3) is 0.278. The summed E-state index contributed by atoms with van der Waals surface area (Å²) in [6.45, 7) is 1.95. The molecule has 2 aromatic carbocycles. The van der Waals surface area contributed by atoms with E-state index in [0.29, 0.717) is 6.54 Å². The number of rotatable bonds is 6. The van der Waals surface area contributed by atoms with E-state index in [4.69, 9.17) is 4.74 Å². The molecule has 128 valence electrons. The van der Waals surface area contributed by atoms with Gasteiger partial charge in [0.25, 0.3) is 5.91 Å². The number of carbonyl (C=O) groups is 1. The van der Waals surface area contributed by atoms with Crippen LogP contribution in [0.1, 0.15) is 22.8 Å². The zero-order valence-electron chi connectivity index (χ0n) is 14.0. The molecule has 2 rings (SSSR count).